The summed E-state index contributed by atoms with van der Waals surface area (Å²) >= 11 is 6.22. The SMILES string of the molecule is O=C(NC1CCCCCC1)c1nn2c(c1Cl)OCCC2. The maximum atomic E-state index is 12.3. The van der Waals surface area contributed by atoms with E-state index in [9.17, 15) is 4.79 Å². The van der Waals surface area contributed by atoms with E-state index in [4.69, 9.17) is 16.3 Å². The van der Waals surface area contributed by atoms with Gasteiger partial charge in [0.1, 0.15) is 5.02 Å². The summed E-state index contributed by atoms with van der Waals surface area (Å²) < 4.78 is 7.17. The smallest absolute Gasteiger partial charge is 0.273 e. The van der Waals surface area contributed by atoms with Gasteiger partial charge in [0.05, 0.1) is 6.61 Å². The van der Waals surface area contributed by atoms with Crippen LogP contribution in [0.1, 0.15) is 55.4 Å². The molecule has 1 aliphatic heterocycles. The van der Waals surface area contributed by atoms with Crippen LogP contribution in [-0.2, 0) is 6.54 Å². The molecule has 20 heavy (non-hydrogen) atoms. The number of carbonyl (C=O) groups excluding carboxylic acids is 1. The number of nitrogens with zero attached hydrogens (tertiary/aromatic N) is 2. The second-order valence-electron chi connectivity index (χ2n) is 5.55. The first-order valence-corrected chi connectivity index (χ1v) is 7.83. The lowest BCUT2D eigenvalue weighted by Gasteiger charge is -2.15. The quantitative estimate of drug-likeness (QED) is 0.854. The van der Waals surface area contributed by atoms with Crippen LogP contribution in [0.25, 0.3) is 0 Å². The number of aryl methyl sites for hydroxylation is 1. The number of fused-ring (bicyclic) bond motifs is 1. The zero-order valence-electron chi connectivity index (χ0n) is 11.5. The molecule has 0 saturated heterocycles. The van der Waals surface area contributed by atoms with E-state index in [0.717, 1.165) is 25.8 Å². The molecular formula is C14H20ClN3O2. The van der Waals surface area contributed by atoms with Gasteiger partial charge in [-0.15, -0.1) is 0 Å². The molecule has 1 aromatic heterocycles. The lowest BCUT2D eigenvalue weighted by molar-refractivity contribution is 0.0927. The summed E-state index contributed by atoms with van der Waals surface area (Å²) in [5.41, 5.74) is 0.299. The van der Waals surface area contributed by atoms with Crippen LogP contribution in [0.15, 0.2) is 0 Å². The molecule has 0 bridgehead atoms. The normalized spacial score (nSPS) is 19.9. The largest absolute Gasteiger partial charge is 0.477 e. The lowest BCUT2D eigenvalue weighted by atomic mass is 10.1. The average Bonchev–Trinajstić information content (AvgIpc) is 2.64. The minimum absolute atomic E-state index is 0.174. The number of halogens is 1. The van der Waals surface area contributed by atoms with Crippen molar-refractivity contribution in [3.8, 4) is 5.88 Å². The second kappa shape index (κ2) is 6.04. The number of amides is 1. The van der Waals surface area contributed by atoms with Gasteiger partial charge >= 0.3 is 0 Å². The molecule has 2 heterocycles. The van der Waals surface area contributed by atoms with Crippen molar-refractivity contribution in [1.29, 1.82) is 0 Å². The topological polar surface area (TPSA) is 56.2 Å². The summed E-state index contributed by atoms with van der Waals surface area (Å²) in [6.45, 7) is 1.39. The third-order valence-corrected chi connectivity index (χ3v) is 4.35. The van der Waals surface area contributed by atoms with Crippen LogP contribution in [0.2, 0.25) is 5.02 Å². The van der Waals surface area contributed by atoms with Gasteiger partial charge in [0.15, 0.2) is 5.69 Å². The lowest BCUT2D eigenvalue weighted by Crippen LogP contribution is -2.34. The van der Waals surface area contributed by atoms with E-state index < -0.39 is 0 Å². The van der Waals surface area contributed by atoms with Crippen LogP contribution in [0.3, 0.4) is 0 Å². The highest BCUT2D eigenvalue weighted by molar-refractivity contribution is 6.34. The van der Waals surface area contributed by atoms with Crippen molar-refractivity contribution in [2.45, 2.75) is 57.5 Å². The predicted molar refractivity (Wildman–Crippen MR) is 76.3 cm³/mol. The second-order valence-corrected chi connectivity index (χ2v) is 5.93. The Bertz CT molecular complexity index is 493. The molecule has 1 aromatic rings. The Kier molecular flexibility index (Phi) is 4.15. The van der Waals surface area contributed by atoms with E-state index in [1.807, 2.05) is 0 Å². The standard InChI is InChI=1S/C14H20ClN3O2/c15-11-12(17-18-8-5-9-20-14(11)18)13(19)16-10-6-3-1-2-4-7-10/h10H,1-9H2,(H,16,19). The molecule has 2 aliphatic rings. The van der Waals surface area contributed by atoms with Gasteiger partial charge in [-0.25, -0.2) is 4.68 Å². The van der Waals surface area contributed by atoms with Gasteiger partial charge in [0.25, 0.3) is 5.91 Å². The first-order valence-electron chi connectivity index (χ1n) is 7.45. The van der Waals surface area contributed by atoms with Crippen LogP contribution in [0.5, 0.6) is 5.88 Å². The molecule has 5 nitrogen and oxygen atoms in total. The zero-order valence-corrected chi connectivity index (χ0v) is 12.3. The Hall–Kier alpha value is -1.23. The van der Waals surface area contributed by atoms with Gasteiger partial charge in [-0.05, 0) is 12.8 Å². The molecule has 0 atom stereocenters. The van der Waals surface area contributed by atoms with E-state index in [1.165, 1.54) is 25.7 Å². The fraction of sp³-hybridized carbons (Fsp3) is 0.714. The van der Waals surface area contributed by atoms with Crippen molar-refractivity contribution in [3.63, 3.8) is 0 Å². The van der Waals surface area contributed by atoms with Crippen molar-refractivity contribution in [2.75, 3.05) is 6.61 Å². The third-order valence-electron chi connectivity index (χ3n) is 4.01. The van der Waals surface area contributed by atoms with E-state index in [1.54, 1.807) is 4.68 Å². The van der Waals surface area contributed by atoms with Crippen LogP contribution < -0.4 is 10.1 Å². The van der Waals surface area contributed by atoms with Crippen molar-refractivity contribution < 1.29 is 9.53 Å². The summed E-state index contributed by atoms with van der Waals surface area (Å²) in [5, 5.41) is 7.70. The summed E-state index contributed by atoms with van der Waals surface area (Å²) in [5.74, 6) is 0.358. The first kappa shape index (κ1) is 13.7. The molecule has 3 rings (SSSR count). The average molecular weight is 298 g/mol. The van der Waals surface area contributed by atoms with Crippen molar-refractivity contribution in [3.05, 3.63) is 10.7 Å². The van der Waals surface area contributed by atoms with E-state index >= 15 is 0 Å². The molecule has 0 radical (unpaired) electrons. The molecule has 1 saturated carbocycles. The molecule has 0 aromatic carbocycles. The maximum absolute atomic E-state index is 12.3. The summed E-state index contributed by atoms with van der Waals surface area (Å²) in [6, 6.07) is 0.251. The molecule has 1 N–H and O–H groups in total. The Morgan fingerprint density at radius 2 is 2.00 bits per heavy atom. The van der Waals surface area contributed by atoms with Crippen molar-refractivity contribution >= 4 is 17.5 Å². The number of aromatic nitrogens is 2. The third kappa shape index (κ3) is 2.77. The number of hydrogen-bond acceptors (Lipinski definition) is 3. The number of hydrogen-bond donors (Lipinski definition) is 1. The van der Waals surface area contributed by atoms with Crippen LogP contribution >= 0.6 is 11.6 Å². The monoisotopic (exact) mass is 297 g/mol. The van der Waals surface area contributed by atoms with E-state index in [0.29, 0.717) is 23.2 Å². The molecule has 0 unspecified atom stereocenters. The number of ether oxygens (including phenoxy) is 1. The summed E-state index contributed by atoms with van der Waals surface area (Å²) in [6.07, 6.45) is 7.89. The van der Waals surface area contributed by atoms with Crippen molar-refractivity contribution in [1.82, 2.24) is 15.1 Å². The van der Waals surface area contributed by atoms with Gasteiger partial charge < -0.3 is 10.1 Å². The van der Waals surface area contributed by atoms with Crippen LogP contribution in [0, 0.1) is 0 Å². The molecule has 1 fully saturated rings. The molecule has 0 spiro atoms. The molecule has 1 aliphatic carbocycles. The Morgan fingerprint density at radius 3 is 2.70 bits per heavy atom. The van der Waals surface area contributed by atoms with Crippen LogP contribution in [0.4, 0.5) is 0 Å². The molecule has 1 amide bonds. The van der Waals surface area contributed by atoms with Gasteiger partial charge in [-0.1, -0.05) is 37.3 Å². The Balaban J connectivity index is 1.72. The first-order chi connectivity index (χ1) is 9.75. The molecular weight excluding hydrogens is 278 g/mol. The molecule has 110 valence electrons. The number of nitrogens with one attached hydrogen (secondary N) is 1. The highest BCUT2D eigenvalue weighted by Crippen LogP contribution is 2.31. The van der Waals surface area contributed by atoms with Crippen LogP contribution in [-0.4, -0.2) is 28.3 Å². The minimum Gasteiger partial charge on any atom is -0.477 e. The fourth-order valence-electron chi connectivity index (χ4n) is 2.92. The zero-order chi connectivity index (χ0) is 13.9. The van der Waals surface area contributed by atoms with E-state index in [2.05, 4.69) is 10.4 Å². The summed E-state index contributed by atoms with van der Waals surface area (Å²) in [7, 11) is 0. The van der Waals surface area contributed by atoms with E-state index in [-0.39, 0.29) is 11.9 Å². The van der Waals surface area contributed by atoms with Gasteiger partial charge in [0, 0.05) is 19.0 Å². The molecule has 6 heteroatoms. The predicted octanol–water partition coefficient (Wildman–Crippen LogP) is 2.77. The maximum Gasteiger partial charge on any atom is 0.273 e. The number of rotatable bonds is 2. The number of carbonyl (C=O) groups is 1. The minimum atomic E-state index is -0.174. The van der Waals surface area contributed by atoms with Gasteiger partial charge in [-0.2, -0.15) is 5.10 Å². The van der Waals surface area contributed by atoms with Gasteiger partial charge in [0.2, 0.25) is 5.88 Å². The fourth-order valence-corrected chi connectivity index (χ4v) is 3.20. The van der Waals surface area contributed by atoms with Gasteiger partial charge in [-0.3, -0.25) is 4.79 Å². The summed E-state index contributed by atoms with van der Waals surface area (Å²) in [4.78, 5) is 12.3. The Labute approximate surface area is 123 Å². The highest BCUT2D eigenvalue weighted by Gasteiger charge is 2.26. The van der Waals surface area contributed by atoms with Crippen molar-refractivity contribution in [2.24, 2.45) is 0 Å². The highest BCUT2D eigenvalue weighted by atomic mass is 35.5. The Morgan fingerprint density at radius 1 is 1.25 bits per heavy atom.